The minimum Gasteiger partial charge on any atom is -0.494 e. The van der Waals surface area contributed by atoms with Crippen LogP contribution < -0.4 is 20.3 Å². The van der Waals surface area contributed by atoms with E-state index in [1.54, 1.807) is 13.3 Å². The van der Waals surface area contributed by atoms with Gasteiger partial charge in [-0.1, -0.05) is 31.2 Å². The molecule has 1 amide bonds. The zero-order chi connectivity index (χ0) is 25.9. The van der Waals surface area contributed by atoms with Crippen LogP contribution in [0.1, 0.15) is 42.5 Å². The molecule has 2 aromatic heterocycles. The van der Waals surface area contributed by atoms with Crippen molar-refractivity contribution in [3.63, 3.8) is 0 Å². The number of pyridine rings is 1. The second kappa shape index (κ2) is 10.4. The van der Waals surface area contributed by atoms with Crippen molar-refractivity contribution in [1.82, 2.24) is 14.9 Å². The minimum atomic E-state index is -0.197. The summed E-state index contributed by atoms with van der Waals surface area (Å²) in [7, 11) is 1.60. The van der Waals surface area contributed by atoms with Gasteiger partial charge in [-0.25, -0.2) is 0 Å². The number of nitrogens with one attached hydrogen (secondary N) is 2. The van der Waals surface area contributed by atoms with E-state index >= 15 is 0 Å². The summed E-state index contributed by atoms with van der Waals surface area (Å²) in [5.74, 6) is 0.491. The van der Waals surface area contributed by atoms with Gasteiger partial charge in [-0.15, -0.1) is 0 Å². The molecule has 0 unspecified atom stereocenters. The number of thiocarbonyl (C=S) groups is 1. The number of methoxy groups -OCH3 is 1. The summed E-state index contributed by atoms with van der Waals surface area (Å²) in [5.41, 5.74) is 5.65. The average Bonchev–Trinajstić information content (AvgIpc) is 3.48. The first-order valence-corrected chi connectivity index (χ1v) is 12.6. The van der Waals surface area contributed by atoms with Crippen LogP contribution in [0.2, 0.25) is 0 Å². The molecule has 3 heterocycles. The highest BCUT2D eigenvalue weighted by Gasteiger charge is 2.42. The molecule has 2 N–H and O–H groups in total. The Morgan fingerprint density at radius 1 is 1.05 bits per heavy atom. The molecule has 0 radical (unpaired) electrons. The highest BCUT2D eigenvalue weighted by atomic mass is 32.1. The van der Waals surface area contributed by atoms with Crippen molar-refractivity contribution in [3.05, 3.63) is 102 Å². The largest absolute Gasteiger partial charge is 0.494 e. The van der Waals surface area contributed by atoms with Crippen LogP contribution in [0.25, 0.3) is 5.69 Å². The Kier molecular flexibility index (Phi) is 6.92. The van der Waals surface area contributed by atoms with E-state index in [4.69, 9.17) is 17.0 Å². The van der Waals surface area contributed by atoms with Crippen molar-refractivity contribution in [3.8, 4) is 11.4 Å². The Balaban J connectivity index is 1.65. The van der Waals surface area contributed by atoms with E-state index in [0.717, 1.165) is 28.5 Å². The van der Waals surface area contributed by atoms with Crippen molar-refractivity contribution >= 4 is 34.6 Å². The van der Waals surface area contributed by atoms with Gasteiger partial charge >= 0.3 is 0 Å². The fourth-order valence-electron chi connectivity index (χ4n) is 4.82. The lowest BCUT2D eigenvalue weighted by molar-refractivity contribution is -0.115. The molecule has 0 bridgehead atoms. The van der Waals surface area contributed by atoms with Gasteiger partial charge in [-0.3, -0.25) is 9.78 Å². The van der Waals surface area contributed by atoms with Gasteiger partial charge in [0, 0.05) is 41.4 Å². The number of para-hydroxylation sites is 1. The molecule has 37 heavy (non-hydrogen) atoms. The first-order chi connectivity index (χ1) is 18.0. The summed E-state index contributed by atoms with van der Waals surface area (Å²) >= 11 is 5.91. The number of ether oxygens (including phenoxy) is 1. The number of aryl methyl sites for hydroxylation is 1. The number of nitrogens with zero attached hydrogens (tertiary/aromatic N) is 3. The molecule has 1 aliphatic rings. The lowest BCUT2D eigenvalue weighted by atomic mass is 10.0. The van der Waals surface area contributed by atoms with Crippen LogP contribution in [0.15, 0.2) is 85.1 Å². The van der Waals surface area contributed by atoms with E-state index < -0.39 is 0 Å². The zero-order valence-corrected chi connectivity index (χ0v) is 21.8. The van der Waals surface area contributed by atoms with Gasteiger partial charge in [-0.05, 0) is 67.7 Å². The summed E-state index contributed by atoms with van der Waals surface area (Å²) in [4.78, 5) is 18.8. The number of rotatable bonds is 7. The molecule has 188 valence electrons. The lowest BCUT2D eigenvalue weighted by Crippen LogP contribution is -2.30. The van der Waals surface area contributed by atoms with Crippen LogP contribution >= 0.6 is 12.2 Å². The van der Waals surface area contributed by atoms with Gasteiger partial charge < -0.3 is 24.8 Å². The van der Waals surface area contributed by atoms with Gasteiger partial charge in [0.1, 0.15) is 11.8 Å². The second-order valence-corrected chi connectivity index (χ2v) is 9.24. The van der Waals surface area contributed by atoms with E-state index in [0.29, 0.717) is 23.0 Å². The number of aromatic nitrogens is 2. The molecular formula is C29H29N5O2S. The number of amides is 1. The highest BCUT2D eigenvalue weighted by Crippen LogP contribution is 2.44. The Morgan fingerprint density at radius 3 is 2.54 bits per heavy atom. The summed E-state index contributed by atoms with van der Waals surface area (Å²) in [5, 5.41) is 7.02. The van der Waals surface area contributed by atoms with Gasteiger partial charge in [0.05, 0.1) is 24.5 Å². The molecule has 4 aromatic rings. The summed E-state index contributed by atoms with van der Waals surface area (Å²) in [6.45, 7) is 3.92. The van der Waals surface area contributed by atoms with Crippen LogP contribution in [0.4, 0.5) is 11.4 Å². The van der Waals surface area contributed by atoms with Crippen molar-refractivity contribution in [2.75, 3.05) is 17.3 Å². The first kappa shape index (κ1) is 24.5. The smallest absolute Gasteiger partial charge is 0.224 e. The van der Waals surface area contributed by atoms with Crippen molar-refractivity contribution < 1.29 is 9.53 Å². The predicted molar refractivity (Wildman–Crippen MR) is 150 cm³/mol. The molecule has 1 aliphatic heterocycles. The highest BCUT2D eigenvalue weighted by molar-refractivity contribution is 7.80. The second-order valence-electron chi connectivity index (χ2n) is 8.85. The quantitative estimate of drug-likeness (QED) is 0.310. The third kappa shape index (κ3) is 4.68. The average molecular weight is 512 g/mol. The SMILES string of the molecule is CCC(=O)Nc1ccc(N2C(=S)N[C@@H](c3ccccn3)[C@@H]2c2ccc(C)n2-c2ccccc2)cc1OC. The van der Waals surface area contributed by atoms with Gasteiger partial charge in [0.25, 0.3) is 0 Å². The number of hydrogen-bond acceptors (Lipinski definition) is 4. The van der Waals surface area contributed by atoms with Gasteiger partial charge in [0.2, 0.25) is 5.91 Å². The minimum absolute atomic E-state index is 0.0753. The number of anilines is 2. The molecule has 5 rings (SSSR count). The molecule has 0 spiro atoms. The third-order valence-electron chi connectivity index (χ3n) is 6.58. The molecular weight excluding hydrogens is 482 g/mol. The lowest BCUT2D eigenvalue weighted by Gasteiger charge is -2.30. The van der Waals surface area contributed by atoms with E-state index in [-0.39, 0.29) is 18.0 Å². The maximum atomic E-state index is 12.0. The normalized spacial score (nSPS) is 16.9. The van der Waals surface area contributed by atoms with Crippen molar-refractivity contribution in [2.45, 2.75) is 32.4 Å². The van der Waals surface area contributed by atoms with E-state index in [1.165, 1.54) is 0 Å². The number of benzene rings is 2. The Labute approximate surface area is 222 Å². The summed E-state index contributed by atoms with van der Waals surface area (Å²) < 4.78 is 7.91. The third-order valence-corrected chi connectivity index (χ3v) is 6.89. The van der Waals surface area contributed by atoms with E-state index in [1.807, 2.05) is 61.5 Å². The van der Waals surface area contributed by atoms with Crippen LogP contribution in [0, 0.1) is 6.92 Å². The van der Waals surface area contributed by atoms with Crippen LogP contribution in [0.3, 0.4) is 0 Å². The molecule has 0 saturated carbocycles. The fraction of sp³-hybridized carbons (Fsp3) is 0.207. The fourth-order valence-corrected chi connectivity index (χ4v) is 5.17. The van der Waals surface area contributed by atoms with Crippen LogP contribution in [-0.2, 0) is 4.79 Å². The summed E-state index contributed by atoms with van der Waals surface area (Å²) in [6, 6.07) is 25.8. The molecule has 2 aromatic carbocycles. The van der Waals surface area contributed by atoms with Crippen molar-refractivity contribution in [2.24, 2.45) is 0 Å². The number of carbonyl (C=O) groups is 1. The molecule has 1 fully saturated rings. The molecule has 1 saturated heterocycles. The van der Waals surface area contributed by atoms with Gasteiger partial charge in [-0.2, -0.15) is 0 Å². The predicted octanol–water partition coefficient (Wildman–Crippen LogP) is 5.71. The molecule has 2 atom stereocenters. The van der Waals surface area contributed by atoms with Gasteiger partial charge in [0.15, 0.2) is 5.11 Å². The first-order valence-electron chi connectivity index (χ1n) is 12.2. The van der Waals surface area contributed by atoms with Crippen molar-refractivity contribution in [1.29, 1.82) is 0 Å². The Hall–Kier alpha value is -4.17. The topological polar surface area (TPSA) is 71.4 Å². The monoisotopic (exact) mass is 511 g/mol. The van der Waals surface area contributed by atoms with Crippen LogP contribution in [0.5, 0.6) is 5.75 Å². The maximum Gasteiger partial charge on any atom is 0.224 e. The Morgan fingerprint density at radius 2 is 1.84 bits per heavy atom. The van der Waals surface area contributed by atoms with E-state index in [9.17, 15) is 4.79 Å². The standard InChI is InChI=1S/C29H29N5O2S/c1-4-26(35)31-22-15-14-21(18-25(22)36-3)34-28(27(32-29(34)37)23-12-8-9-17-30-23)24-16-13-19(2)33(24)20-10-6-5-7-11-20/h5-18,27-28H,4H2,1-3H3,(H,31,35)(H,32,37)/t27-,28-/m0/s1. The van der Waals surface area contributed by atoms with E-state index in [2.05, 4.69) is 56.3 Å². The Bertz CT molecular complexity index is 1420. The molecule has 7 nitrogen and oxygen atoms in total. The zero-order valence-electron chi connectivity index (χ0n) is 21.0. The molecule has 0 aliphatic carbocycles. The number of hydrogen-bond donors (Lipinski definition) is 2. The summed E-state index contributed by atoms with van der Waals surface area (Å²) in [6.07, 6.45) is 2.18. The van der Waals surface area contributed by atoms with Crippen LogP contribution in [-0.4, -0.2) is 27.7 Å². The molecule has 8 heteroatoms. The maximum absolute atomic E-state index is 12.0. The number of carbonyl (C=O) groups excluding carboxylic acids is 1.